The number of aliphatic hydroxyl groups excluding tert-OH is 2. The van der Waals surface area contributed by atoms with E-state index in [4.69, 9.17) is 9.84 Å². The van der Waals surface area contributed by atoms with Crippen LogP contribution in [0, 0.1) is 19.8 Å². The van der Waals surface area contributed by atoms with Gasteiger partial charge in [0.15, 0.2) is 0 Å². The molecule has 0 fully saturated rings. The first-order valence-electron chi connectivity index (χ1n) is 11.1. The summed E-state index contributed by atoms with van der Waals surface area (Å²) in [6.45, 7) is 10.6. The molecule has 2 N–H and O–H groups in total. The van der Waals surface area contributed by atoms with E-state index in [-0.39, 0.29) is 13.2 Å². The van der Waals surface area contributed by atoms with Crippen LogP contribution in [0.5, 0.6) is 5.75 Å². The summed E-state index contributed by atoms with van der Waals surface area (Å²) in [6, 6.07) is 6.45. The van der Waals surface area contributed by atoms with Gasteiger partial charge in [-0.15, -0.1) is 11.3 Å². The first-order chi connectivity index (χ1) is 14.8. The Labute approximate surface area is 189 Å². The number of rotatable bonds is 9. The van der Waals surface area contributed by atoms with Crippen LogP contribution in [0.15, 0.2) is 28.4 Å². The summed E-state index contributed by atoms with van der Waals surface area (Å²) < 4.78 is 5.79. The number of aliphatic hydroxyl groups is 2. The average molecular weight is 443 g/mol. The highest BCUT2D eigenvalue weighted by molar-refractivity contribution is 7.14. The van der Waals surface area contributed by atoms with Gasteiger partial charge < -0.3 is 14.9 Å². The molecular weight excluding hydrogens is 408 g/mol. The second-order valence-electron chi connectivity index (χ2n) is 8.69. The molecule has 1 aromatic carbocycles. The predicted octanol–water partition coefficient (Wildman–Crippen LogP) is 4.85. The molecule has 31 heavy (non-hydrogen) atoms. The first-order valence-corrected chi connectivity index (χ1v) is 11.9. The van der Waals surface area contributed by atoms with Gasteiger partial charge in [-0.2, -0.15) is 10.2 Å². The van der Waals surface area contributed by atoms with E-state index < -0.39 is 6.10 Å². The van der Waals surface area contributed by atoms with Gasteiger partial charge >= 0.3 is 0 Å². The molecule has 1 atom stereocenters. The Bertz CT molecular complexity index is 975. The zero-order chi connectivity index (χ0) is 22.5. The minimum Gasteiger partial charge on any atom is -0.490 e. The van der Waals surface area contributed by atoms with E-state index in [1.54, 1.807) is 0 Å². The largest absolute Gasteiger partial charge is 0.490 e. The van der Waals surface area contributed by atoms with E-state index in [0.717, 1.165) is 59.5 Å². The fourth-order valence-electron chi connectivity index (χ4n) is 3.78. The van der Waals surface area contributed by atoms with Crippen LogP contribution in [-0.2, 0) is 12.8 Å². The van der Waals surface area contributed by atoms with E-state index in [9.17, 15) is 5.11 Å². The average Bonchev–Trinajstić information content (AvgIpc) is 3.11. The fraction of sp³-hybridized carbons (Fsp3) is 0.520. The molecule has 0 bridgehead atoms. The molecule has 0 saturated heterocycles. The molecule has 1 aromatic heterocycles. The SMILES string of the molecule is CCc1cc(C2=NN=C(c3cc(C)c(CC(C)C)s3)CC2)cc(C)c1OCC(O)CO. The quantitative estimate of drug-likeness (QED) is 0.583. The summed E-state index contributed by atoms with van der Waals surface area (Å²) in [5, 5.41) is 27.8. The van der Waals surface area contributed by atoms with Crippen molar-refractivity contribution in [2.75, 3.05) is 13.2 Å². The zero-order valence-corrected chi connectivity index (χ0v) is 20.1. The number of aryl methyl sites for hydroxylation is 3. The van der Waals surface area contributed by atoms with Crippen molar-refractivity contribution in [2.24, 2.45) is 16.1 Å². The first kappa shape index (κ1) is 23.6. The van der Waals surface area contributed by atoms with Gasteiger partial charge in [0.05, 0.1) is 22.9 Å². The lowest BCUT2D eigenvalue weighted by atomic mass is 9.96. The molecule has 3 rings (SSSR count). The molecule has 1 unspecified atom stereocenters. The number of ether oxygens (including phenoxy) is 1. The Hall–Kier alpha value is -2.02. The molecule has 0 saturated carbocycles. The maximum atomic E-state index is 9.60. The van der Waals surface area contributed by atoms with Crippen molar-refractivity contribution >= 4 is 22.8 Å². The van der Waals surface area contributed by atoms with Crippen LogP contribution in [0.4, 0.5) is 0 Å². The summed E-state index contributed by atoms with van der Waals surface area (Å²) in [7, 11) is 0. The Morgan fingerprint density at radius 3 is 2.39 bits per heavy atom. The Morgan fingerprint density at radius 1 is 1.06 bits per heavy atom. The maximum absolute atomic E-state index is 9.60. The van der Waals surface area contributed by atoms with Crippen LogP contribution >= 0.6 is 11.3 Å². The smallest absolute Gasteiger partial charge is 0.125 e. The van der Waals surface area contributed by atoms with Gasteiger partial charge in [0.25, 0.3) is 0 Å². The number of hydrogen-bond acceptors (Lipinski definition) is 6. The molecule has 0 aliphatic carbocycles. The monoisotopic (exact) mass is 442 g/mol. The molecular formula is C25H34N2O3S. The highest BCUT2D eigenvalue weighted by Gasteiger charge is 2.19. The predicted molar refractivity (Wildman–Crippen MR) is 129 cm³/mol. The second-order valence-corrected chi connectivity index (χ2v) is 9.83. The standard InChI is InChI=1S/C25H34N2O3S/c1-6-18-12-19(10-17(5)25(18)30-14-20(29)13-28)21-7-8-22(27-26-21)24-11-16(4)23(31-24)9-15(2)3/h10-12,15,20,28-29H,6-9,13-14H2,1-5H3. The molecule has 5 nitrogen and oxygen atoms in total. The van der Waals surface area contributed by atoms with Gasteiger partial charge in [-0.1, -0.05) is 20.8 Å². The van der Waals surface area contributed by atoms with Crippen molar-refractivity contribution in [2.45, 2.75) is 66.4 Å². The minimum absolute atomic E-state index is 0.0807. The topological polar surface area (TPSA) is 74.4 Å². The normalized spacial score (nSPS) is 15.1. The molecule has 6 heteroatoms. The second kappa shape index (κ2) is 10.5. The van der Waals surface area contributed by atoms with Crippen LogP contribution in [-0.4, -0.2) is 41.0 Å². The highest BCUT2D eigenvalue weighted by atomic mass is 32.1. The molecule has 2 heterocycles. The van der Waals surface area contributed by atoms with Crippen molar-refractivity contribution in [1.82, 2.24) is 0 Å². The molecule has 0 amide bonds. The molecule has 2 aromatic rings. The lowest BCUT2D eigenvalue weighted by Gasteiger charge is -2.18. The van der Waals surface area contributed by atoms with Crippen molar-refractivity contribution < 1.29 is 14.9 Å². The van der Waals surface area contributed by atoms with E-state index in [2.05, 4.69) is 56.1 Å². The lowest BCUT2D eigenvalue weighted by molar-refractivity contribution is 0.0531. The highest BCUT2D eigenvalue weighted by Crippen LogP contribution is 2.30. The Balaban J connectivity index is 1.82. The third-order valence-corrected chi connectivity index (χ3v) is 6.79. The van der Waals surface area contributed by atoms with Gasteiger partial charge in [0, 0.05) is 4.88 Å². The van der Waals surface area contributed by atoms with Gasteiger partial charge in [-0.3, -0.25) is 0 Å². The zero-order valence-electron chi connectivity index (χ0n) is 19.2. The van der Waals surface area contributed by atoms with E-state index in [0.29, 0.717) is 5.92 Å². The Morgan fingerprint density at radius 2 is 1.77 bits per heavy atom. The van der Waals surface area contributed by atoms with Crippen LogP contribution < -0.4 is 4.74 Å². The summed E-state index contributed by atoms with van der Waals surface area (Å²) in [6.07, 6.45) is 2.80. The van der Waals surface area contributed by atoms with Gasteiger partial charge in [-0.25, -0.2) is 0 Å². The maximum Gasteiger partial charge on any atom is 0.125 e. The molecule has 1 aliphatic heterocycles. The molecule has 1 aliphatic rings. The van der Waals surface area contributed by atoms with Crippen molar-refractivity contribution in [3.8, 4) is 5.75 Å². The molecule has 0 spiro atoms. The van der Waals surface area contributed by atoms with Crippen molar-refractivity contribution in [1.29, 1.82) is 0 Å². The van der Waals surface area contributed by atoms with Crippen LogP contribution in [0.1, 0.15) is 65.6 Å². The van der Waals surface area contributed by atoms with Crippen LogP contribution in [0.3, 0.4) is 0 Å². The molecule has 168 valence electrons. The third-order valence-electron chi connectivity index (χ3n) is 5.49. The lowest BCUT2D eigenvalue weighted by Crippen LogP contribution is -2.22. The fourth-order valence-corrected chi connectivity index (χ4v) is 5.18. The van der Waals surface area contributed by atoms with E-state index in [1.807, 2.05) is 18.3 Å². The van der Waals surface area contributed by atoms with Gasteiger partial charge in [0.1, 0.15) is 18.5 Å². The third kappa shape index (κ3) is 5.82. The summed E-state index contributed by atoms with van der Waals surface area (Å²) in [4.78, 5) is 2.69. The van der Waals surface area contributed by atoms with Crippen molar-refractivity contribution in [3.05, 3.63) is 50.2 Å². The summed E-state index contributed by atoms with van der Waals surface area (Å²) >= 11 is 1.86. The Kier molecular flexibility index (Phi) is 8.03. The summed E-state index contributed by atoms with van der Waals surface area (Å²) in [5.41, 5.74) is 6.59. The summed E-state index contributed by atoms with van der Waals surface area (Å²) in [5.74, 6) is 1.43. The van der Waals surface area contributed by atoms with E-state index in [1.165, 1.54) is 15.3 Å². The van der Waals surface area contributed by atoms with Gasteiger partial charge in [0.2, 0.25) is 0 Å². The van der Waals surface area contributed by atoms with Gasteiger partial charge in [-0.05, 0) is 85.9 Å². The minimum atomic E-state index is -0.874. The number of benzene rings is 1. The van der Waals surface area contributed by atoms with Crippen molar-refractivity contribution in [3.63, 3.8) is 0 Å². The number of nitrogens with zero attached hydrogens (tertiary/aromatic N) is 2. The number of hydrogen-bond donors (Lipinski definition) is 2. The molecule has 0 radical (unpaired) electrons. The van der Waals surface area contributed by atoms with Crippen LogP contribution in [0.2, 0.25) is 0 Å². The van der Waals surface area contributed by atoms with E-state index >= 15 is 0 Å². The van der Waals surface area contributed by atoms with Crippen LogP contribution in [0.25, 0.3) is 0 Å². The number of thiophene rings is 1.